The van der Waals surface area contributed by atoms with Crippen molar-refractivity contribution in [1.29, 1.82) is 0 Å². The van der Waals surface area contributed by atoms with Gasteiger partial charge in [0.2, 0.25) is 0 Å². The summed E-state index contributed by atoms with van der Waals surface area (Å²) < 4.78 is 1.53. The molecule has 0 atom stereocenters. The van der Waals surface area contributed by atoms with Crippen molar-refractivity contribution in [1.82, 2.24) is 14.9 Å². The van der Waals surface area contributed by atoms with E-state index in [1.54, 1.807) is 12.4 Å². The summed E-state index contributed by atoms with van der Waals surface area (Å²) in [6.07, 6.45) is 4.99. The van der Waals surface area contributed by atoms with Crippen LogP contribution in [0.1, 0.15) is 22.3 Å². The highest BCUT2D eigenvalue weighted by atomic mass is 15.5. The Hall–Kier alpha value is -3.28. The fourth-order valence-electron chi connectivity index (χ4n) is 1.99. The Bertz CT molecular complexity index is 844. The van der Waals surface area contributed by atoms with Gasteiger partial charge in [0.1, 0.15) is 6.33 Å². The molecule has 0 bridgehead atoms. The maximum atomic E-state index is 4.33. The highest BCUT2D eigenvalue weighted by Crippen LogP contribution is 2.05. The molecule has 0 radical (unpaired) electrons. The lowest BCUT2D eigenvalue weighted by molar-refractivity contribution is 0.879. The Balaban J connectivity index is 1.66. The van der Waals surface area contributed by atoms with Crippen LogP contribution in [-0.4, -0.2) is 27.3 Å². The van der Waals surface area contributed by atoms with Crippen molar-refractivity contribution >= 4 is 18.4 Å². The molecule has 3 rings (SSSR count). The van der Waals surface area contributed by atoms with Crippen LogP contribution in [0.3, 0.4) is 0 Å². The molecule has 0 amide bonds. The third-order valence-corrected chi connectivity index (χ3v) is 3.39. The van der Waals surface area contributed by atoms with E-state index in [9.17, 15) is 0 Å². The molecule has 1 N–H and O–H groups in total. The molecule has 6 nitrogen and oxygen atoms in total. The molecular weight excluding hydrogens is 300 g/mol. The van der Waals surface area contributed by atoms with Crippen LogP contribution in [0.15, 0.2) is 65.1 Å². The summed E-state index contributed by atoms with van der Waals surface area (Å²) in [6, 6.07) is 16.2. The molecule has 120 valence electrons. The number of nitrogens with zero attached hydrogens (tertiary/aromatic N) is 5. The van der Waals surface area contributed by atoms with Crippen molar-refractivity contribution in [2.75, 3.05) is 5.43 Å². The van der Waals surface area contributed by atoms with E-state index in [1.807, 2.05) is 55.5 Å². The second kappa shape index (κ2) is 7.32. The van der Waals surface area contributed by atoms with E-state index in [0.29, 0.717) is 5.95 Å². The Morgan fingerprint density at radius 3 is 2.08 bits per heavy atom. The SMILES string of the molecule is Cc1ccc(/C=N\n2cnnc2N/N=C/c2ccc(C)cc2)cc1. The number of hydrogen-bond donors (Lipinski definition) is 1. The number of rotatable bonds is 5. The number of benzene rings is 2. The van der Waals surface area contributed by atoms with Crippen LogP contribution in [0.5, 0.6) is 0 Å². The molecule has 0 saturated carbocycles. The molecule has 0 aliphatic heterocycles. The summed E-state index contributed by atoms with van der Waals surface area (Å²) in [5, 5.41) is 16.3. The van der Waals surface area contributed by atoms with E-state index in [1.165, 1.54) is 22.1 Å². The van der Waals surface area contributed by atoms with Crippen LogP contribution in [0.4, 0.5) is 5.95 Å². The van der Waals surface area contributed by atoms with Crippen molar-refractivity contribution < 1.29 is 0 Å². The van der Waals surface area contributed by atoms with Crippen LogP contribution in [-0.2, 0) is 0 Å². The van der Waals surface area contributed by atoms with Gasteiger partial charge in [0.15, 0.2) is 0 Å². The zero-order chi connectivity index (χ0) is 16.8. The third-order valence-electron chi connectivity index (χ3n) is 3.39. The van der Waals surface area contributed by atoms with Crippen molar-refractivity contribution in [3.05, 3.63) is 77.1 Å². The van der Waals surface area contributed by atoms with Crippen LogP contribution >= 0.6 is 0 Å². The molecule has 0 saturated heterocycles. The molecule has 0 fully saturated rings. The van der Waals surface area contributed by atoms with Crippen molar-refractivity contribution in [2.24, 2.45) is 10.2 Å². The van der Waals surface area contributed by atoms with Gasteiger partial charge in [0, 0.05) is 0 Å². The first kappa shape index (κ1) is 15.6. The third kappa shape index (κ3) is 4.13. The number of hydrogen-bond acceptors (Lipinski definition) is 5. The van der Waals surface area contributed by atoms with E-state index >= 15 is 0 Å². The molecule has 6 heteroatoms. The highest BCUT2D eigenvalue weighted by Gasteiger charge is 2.00. The van der Waals surface area contributed by atoms with E-state index in [-0.39, 0.29) is 0 Å². The molecule has 1 heterocycles. The van der Waals surface area contributed by atoms with E-state index < -0.39 is 0 Å². The van der Waals surface area contributed by atoms with Crippen molar-refractivity contribution in [3.8, 4) is 0 Å². The Morgan fingerprint density at radius 2 is 1.46 bits per heavy atom. The lowest BCUT2D eigenvalue weighted by Gasteiger charge is -1.99. The average Bonchev–Trinajstić information content (AvgIpc) is 3.04. The predicted octanol–water partition coefficient (Wildman–Crippen LogP) is 3.22. The normalized spacial score (nSPS) is 11.4. The molecule has 1 aromatic heterocycles. The summed E-state index contributed by atoms with van der Waals surface area (Å²) in [7, 11) is 0. The van der Waals surface area contributed by atoms with Gasteiger partial charge in [-0.15, -0.1) is 10.2 Å². The largest absolute Gasteiger partial charge is 0.265 e. The van der Waals surface area contributed by atoms with Gasteiger partial charge in [0.05, 0.1) is 12.4 Å². The molecular formula is C18H18N6. The van der Waals surface area contributed by atoms with Crippen LogP contribution < -0.4 is 5.43 Å². The van der Waals surface area contributed by atoms with Gasteiger partial charge in [-0.1, -0.05) is 59.7 Å². The Labute approximate surface area is 140 Å². The minimum Gasteiger partial charge on any atom is -0.244 e. The van der Waals surface area contributed by atoms with Crippen LogP contribution in [0.25, 0.3) is 0 Å². The first-order valence-corrected chi connectivity index (χ1v) is 7.57. The number of aromatic nitrogens is 3. The van der Waals surface area contributed by atoms with E-state index in [2.05, 4.69) is 32.7 Å². The molecule has 0 aliphatic rings. The fraction of sp³-hybridized carbons (Fsp3) is 0.111. The topological polar surface area (TPSA) is 67.5 Å². The lowest BCUT2D eigenvalue weighted by atomic mass is 10.2. The van der Waals surface area contributed by atoms with Crippen LogP contribution in [0, 0.1) is 13.8 Å². The smallest absolute Gasteiger partial charge is 0.244 e. The molecule has 0 spiro atoms. The van der Waals surface area contributed by atoms with Gasteiger partial charge in [-0.25, -0.2) is 5.43 Å². The Kier molecular flexibility index (Phi) is 4.76. The minimum atomic E-state index is 0.446. The maximum Gasteiger partial charge on any atom is 0.265 e. The molecule has 2 aromatic carbocycles. The van der Waals surface area contributed by atoms with Crippen molar-refractivity contribution in [3.63, 3.8) is 0 Å². The number of anilines is 1. The quantitative estimate of drug-likeness (QED) is 0.580. The Morgan fingerprint density at radius 1 is 0.875 bits per heavy atom. The first-order valence-electron chi connectivity index (χ1n) is 7.57. The second-order valence-electron chi connectivity index (χ2n) is 5.44. The van der Waals surface area contributed by atoms with Gasteiger partial charge in [-0.3, -0.25) is 0 Å². The zero-order valence-corrected chi connectivity index (χ0v) is 13.6. The summed E-state index contributed by atoms with van der Waals surface area (Å²) in [5.74, 6) is 0.446. The summed E-state index contributed by atoms with van der Waals surface area (Å²) in [6.45, 7) is 4.10. The monoisotopic (exact) mass is 318 g/mol. The lowest BCUT2D eigenvalue weighted by Crippen LogP contribution is -1.99. The molecule has 24 heavy (non-hydrogen) atoms. The van der Waals surface area contributed by atoms with Gasteiger partial charge in [0.25, 0.3) is 5.95 Å². The number of aryl methyl sites for hydroxylation is 2. The molecule has 0 aliphatic carbocycles. The number of nitrogens with one attached hydrogen (secondary N) is 1. The number of hydrazone groups is 1. The van der Waals surface area contributed by atoms with Crippen molar-refractivity contribution in [2.45, 2.75) is 13.8 Å². The minimum absolute atomic E-state index is 0.446. The zero-order valence-electron chi connectivity index (χ0n) is 13.6. The summed E-state index contributed by atoms with van der Waals surface area (Å²) in [4.78, 5) is 0. The van der Waals surface area contributed by atoms with E-state index in [4.69, 9.17) is 0 Å². The average molecular weight is 318 g/mol. The van der Waals surface area contributed by atoms with E-state index in [0.717, 1.165) is 11.1 Å². The van der Waals surface area contributed by atoms with Gasteiger partial charge in [-0.2, -0.15) is 14.9 Å². The molecule has 3 aromatic rings. The summed E-state index contributed by atoms with van der Waals surface area (Å²) >= 11 is 0. The fourth-order valence-corrected chi connectivity index (χ4v) is 1.99. The first-order chi connectivity index (χ1) is 11.7. The summed E-state index contributed by atoms with van der Waals surface area (Å²) in [5.41, 5.74) is 7.28. The second-order valence-corrected chi connectivity index (χ2v) is 5.44. The van der Waals surface area contributed by atoms with Gasteiger partial charge in [-0.05, 0) is 25.0 Å². The highest BCUT2D eigenvalue weighted by molar-refractivity contribution is 5.80. The molecule has 0 unspecified atom stereocenters. The van der Waals surface area contributed by atoms with Crippen LogP contribution in [0.2, 0.25) is 0 Å². The van der Waals surface area contributed by atoms with Gasteiger partial charge < -0.3 is 0 Å². The predicted molar refractivity (Wildman–Crippen MR) is 96.6 cm³/mol. The standard InChI is InChI=1S/C18H18N6/c1-14-3-7-16(8-4-14)11-19-22-18-23-20-13-24(18)21-12-17-9-5-15(2)6-10-17/h3-13H,1-2H3,(H,22,23)/b19-11+,21-12-. The van der Waals surface area contributed by atoms with Gasteiger partial charge >= 0.3 is 0 Å². The maximum absolute atomic E-state index is 4.33.